The maximum absolute atomic E-state index is 13.2. The zero-order valence-electron chi connectivity index (χ0n) is 20.9. The fourth-order valence-electron chi connectivity index (χ4n) is 4.26. The largest absolute Gasteiger partial charge is 0.341 e. The Morgan fingerprint density at radius 1 is 1.23 bits per heavy atom. The molecule has 8 heteroatoms. The van der Waals surface area contributed by atoms with Gasteiger partial charge >= 0.3 is 0 Å². The zero-order valence-corrected chi connectivity index (χ0v) is 20.9. The SMILES string of the molecule is CC(C)CN(C)C(=O)c1cnn(C)c1C(=O)NC1=CCC(C)c2nc(-c3ccccc3)cn2C=C1. The van der Waals surface area contributed by atoms with E-state index in [4.69, 9.17) is 4.98 Å². The quantitative estimate of drug-likeness (QED) is 0.580. The van der Waals surface area contributed by atoms with Crippen LogP contribution in [0.1, 0.15) is 59.8 Å². The van der Waals surface area contributed by atoms with Gasteiger partial charge in [-0.05, 0) is 18.4 Å². The molecule has 1 aromatic carbocycles. The third-order valence-corrected chi connectivity index (χ3v) is 6.01. The Bertz CT molecular complexity index is 1280. The van der Waals surface area contributed by atoms with Crippen molar-refractivity contribution in [2.24, 2.45) is 13.0 Å². The molecular weight excluding hydrogens is 440 g/mol. The number of benzene rings is 1. The van der Waals surface area contributed by atoms with E-state index in [1.165, 1.54) is 10.9 Å². The standard InChI is InChI=1S/C27H32N6O2/c1-18(2)16-31(4)27(35)22-15-28-32(5)24(22)26(34)29-21-12-11-19(3)25-30-23(17-33(25)14-13-21)20-9-7-6-8-10-20/h6-10,12-15,17-19H,11,16H2,1-5H3,(H,29,34). The summed E-state index contributed by atoms with van der Waals surface area (Å²) in [5.41, 5.74) is 3.17. The molecule has 182 valence electrons. The van der Waals surface area contributed by atoms with Crippen LogP contribution >= 0.6 is 0 Å². The van der Waals surface area contributed by atoms with Crippen LogP contribution in [0.15, 0.2) is 60.6 Å². The van der Waals surface area contributed by atoms with Crippen LogP contribution in [-0.4, -0.2) is 49.6 Å². The van der Waals surface area contributed by atoms with Gasteiger partial charge in [-0.2, -0.15) is 5.10 Å². The molecule has 1 N–H and O–H groups in total. The third kappa shape index (κ3) is 5.26. The van der Waals surface area contributed by atoms with Crippen molar-refractivity contribution in [3.05, 3.63) is 77.7 Å². The molecular formula is C27H32N6O2. The first kappa shape index (κ1) is 24.2. The summed E-state index contributed by atoms with van der Waals surface area (Å²) < 4.78 is 3.45. The highest BCUT2D eigenvalue weighted by atomic mass is 16.2. The van der Waals surface area contributed by atoms with Crippen molar-refractivity contribution in [1.29, 1.82) is 0 Å². The van der Waals surface area contributed by atoms with Gasteiger partial charge in [0.05, 0.1) is 17.5 Å². The Hall–Kier alpha value is -3.94. The molecule has 1 aliphatic rings. The molecule has 1 unspecified atom stereocenters. The topological polar surface area (TPSA) is 85.1 Å². The van der Waals surface area contributed by atoms with E-state index in [0.717, 1.165) is 17.1 Å². The van der Waals surface area contributed by atoms with E-state index >= 15 is 0 Å². The number of aryl methyl sites for hydroxylation is 1. The van der Waals surface area contributed by atoms with Crippen LogP contribution < -0.4 is 5.32 Å². The molecule has 0 fully saturated rings. The molecule has 35 heavy (non-hydrogen) atoms. The number of carbonyl (C=O) groups is 2. The molecule has 0 spiro atoms. The minimum Gasteiger partial charge on any atom is -0.341 e. The van der Waals surface area contributed by atoms with Crippen molar-refractivity contribution >= 4 is 18.0 Å². The number of fused-ring (bicyclic) bond motifs is 1. The van der Waals surface area contributed by atoms with Crippen molar-refractivity contribution < 1.29 is 9.59 Å². The third-order valence-electron chi connectivity index (χ3n) is 6.01. The summed E-state index contributed by atoms with van der Waals surface area (Å²) >= 11 is 0. The minimum atomic E-state index is -0.369. The summed E-state index contributed by atoms with van der Waals surface area (Å²) in [4.78, 5) is 32.7. The normalized spacial score (nSPS) is 15.3. The maximum Gasteiger partial charge on any atom is 0.274 e. The van der Waals surface area contributed by atoms with Gasteiger partial charge < -0.3 is 14.8 Å². The lowest BCUT2D eigenvalue weighted by atomic mass is 10.1. The molecule has 0 radical (unpaired) electrons. The molecule has 8 nitrogen and oxygen atoms in total. The fourth-order valence-corrected chi connectivity index (χ4v) is 4.26. The van der Waals surface area contributed by atoms with Crippen molar-refractivity contribution in [2.75, 3.05) is 13.6 Å². The Labute approximate surface area is 206 Å². The summed E-state index contributed by atoms with van der Waals surface area (Å²) in [7, 11) is 3.41. The number of allylic oxidation sites excluding steroid dienone is 2. The van der Waals surface area contributed by atoms with Gasteiger partial charge in [0.25, 0.3) is 11.8 Å². The lowest BCUT2D eigenvalue weighted by molar-refractivity contribution is 0.0772. The number of nitrogens with zero attached hydrogens (tertiary/aromatic N) is 5. The van der Waals surface area contributed by atoms with Crippen LogP contribution in [-0.2, 0) is 7.05 Å². The molecule has 1 aliphatic heterocycles. The van der Waals surface area contributed by atoms with E-state index in [0.29, 0.717) is 30.1 Å². The van der Waals surface area contributed by atoms with E-state index in [1.807, 2.05) is 73.3 Å². The minimum absolute atomic E-state index is 0.155. The molecule has 4 rings (SSSR count). The average Bonchev–Trinajstić information content (AvgIpc) is 3.43. The van der Waals surface area contributed by atoms with Crippen LogP contribution in [0.2, 0.25) is 0 Å². The van der Waals surface area contributed by atoms with Crippen LogP contribution in [0.25, 0.3) is 17.5 Å². The first-order chi connectivity index (χ1) is 16.7. The molecule has 3 heterocycles. The van der Waals surface area contributed by atoms with Gasteiger partial charge in [0.1, 0.15) is 11.5 Å². The smallest absolute Gasteiger partial charge is 0.274 e. The second-order valence-corrected chi connectivity index (χ2v) is 9.43. The van der Waals surface area contributed by atoms with Gasteiger partial charge in [0.2, 0.25) is 0 Å². The van der Waals surface area contributed by atoms with E-state index in [2.05, 4.69) is 17.3 Å². The summed E-state index contributed by atoms with van der Waals surface area (Å²) in [6.07, 6.45) is 9.92. The lowest BCUT2D eigenvalue weighted by Gasteiger charge is -2.19. The average molecular weight is 473 g/mol. The number of imidazole rings is 1. The number of aromatic nitrogens is 4. The van der Waals surface area contributed by atoms with E-state index < -0.39 is 0 Å². The summed E-state index contributed by atoms with van der Waals surface area (Å²) in [5.74, 6) is 0.855. The van der Waals surface area contributed by atoms with Gasteiger partial charge in [0.15, 0.2) is 0 Å². The van der Waals surface area contributed by atoms with Crippen LogP contribution in [0.3, 0.4) is 0 Å². The Kier molecular flexibility index (Phi) is 7.00. The van der Waals surface area contributed by atoms with Gasteiger partial charge in [-0.15, -0.1) is 0 Å². The summed E-state index contributed by atoms with van der Waals surface area (Å²) in [6.45, 7) is 6.80. The highest BCUT2D eigenvalue weighted by Gasteiger charge is 2.25. The number of carbonyl (C=O) groups excluding carboxylic acids is 2. The van der Waals surface area contributed by atoms with E-state index in [1.54, 1.807) is 19.0 Å². The molecule has 0 saturated heterocycles. The molecule has 2 amide bonds. The van der Waals surface area contributed by atoms with Gasteiger partial charge in [-0.3, -0.25) is 14.3 Å². The van der Waals surface area contributed by atoms with Crippen molar-refractivity contribution in [3.63, 3.8) is 0 Å². The van der Waals surface area contributed by atoms with Crippen LogP contribution in [0.4, 0.5) is 0 Å². The van der Waals surface area contributed by atoms with Gasteiger partial charge in [-0.1, -0.05) is 57.2 Å². The summed E-state index contributed by atoms with van der Waals surface area (Å²) in [6, 6.07) is 10.1. The first-order valence-electron chi connectivity index (χ1n) is 11.9. The van der Waals surface area contributed by atoms with E-state index in [-0.39, 0.29) is 23.4 Å². The predicted molar refractivity (Wildman–Crippen MR) is 137 cm³/mol. The molecule has 1 atom stereocenters. The Balaban J connectivity index is 1.55. The van der Waals surface area contributed by atoms with Crippen molar-refractivity contribution in [3.8, 4) is 11.3 Å². The number of rotatable bonds is 6. The number of nitrogens with one attached hydrogen (secondary N) is 1. The van der Waals surface area contributed by atoms with Crippen molar-refractivity contribution in [1.82, 2.24) is 29.5 Å². The monoisotopic (exact) mass is 472 g/mol. The highest BCUT2D eigenvalue weighted by molar-refractivity contribution is 6.06. The van der Waals surface area contributed by atoms with Crippen LogP contribution in [0.5, 0.6) is 0 Å². The Morgan fingerprint density at radius 2 is 1.97 bits per heavy atom. The number of hydrogen-bond donors (Lipinski definition) is 1. The fraction of sp³-hybridized carbons (Fsp3) is 0.333. The molecule has 2 aromatic heterocycles. The zero-order chi connectivity index (χ0) is 25.1. The molecule has 0 aliphatic carbocycles. The lowest BCUT2D eigenvalue weighted by Crippen LogP contribution is -2.33. The number of amides is 2. The van der Waals surface area contributed by atoms with E-state index in [9.17, 15) is 9.59 Å². The van der Waals surface area contributed by atoms with Gasteiger partial charge in [0, 0.05) is 50.2 Å². The highest BCUT2D eigenvalue weighted by Crippen LogP contribution is 2.27. The van der Waals surface area contributed by atoms with Gasteiger partial charge in [-0.25, -0.2) is 4.98 Å². The molecule has 3 aromatic rings. The molecule has 0 bridgehead atoms. The summed E-state index contributed by atoms with van der Waals surface area (Å²) in [5, 5.41) is 7.14. The van der Waals surface area contributed by atoms with Crippen molar-refractivity contribution in [2.45, 2.75) is 33.1 Å². The van der Waals surface area contributed by atoms with Crippen LogP contribution in [0, 0.1) is 5.92 Å². The second kappa shape index (κ2) is 10.1. The number of hydrogen-bond acceptors (Lipinski definition) is 4. The molecule has 0 saturated carbocycles. The Morgan fingerprint density at radius 3 is 2.69 bits per heavy atom. The first-order valence-corrected chi connectivity index (χ1v) is 11.9. The predicted octanol–water partition coefficient (Wildman–Crippen LogP) is 4.30. The second-order valence-electron chi connectivity index (χ2n) is 9.43. The maximum atomic E-state index is 13.2.